The Kier molecular flexibility index (Phi) is 6.73. The van der Waals surface area contributed by atoms with Gasteiger partial charge >= 0.3 is 6.18 Å². The number of nitriles is 1. The van der Waals surface area contributed by atoms with Crippen LogP contribution in [-0.4, -0.2) is 34.2 Å². The highest BCUT2D eigenvalue weighted by Gasteiger charge is 2.51. The van der Waals surface area contributed by atoms with Crippen LogP contribution in [0.1, 0.15) is 72.5 Å². The summed E-state index contributed by atoms with van der Waals surface area (Å²) in [4.78, 5) is 15.3. The van der Waals surface area contributed by atoms with Gasteiger partial charge in [-0.2, -0.15) is 18.4 Å². The second kappa shape index (κ2) is 9.42. The number of nitrogens with zero attached hydrogens (tertiary/aromatic N) is 2. The van der Waals surface area contributed by atoms with Gasteiger partial charge in [0.2, 0.25) is 0 Å². The molecule has 7 heteroatoms. The molecule has 180 valence electrons. The third-order valence-corrected chi connectivity index (χ3v) is 7.24. The lowest BCUT2D eigenvalue weighted by Gasteiger charge is -2.37. The van der Waals surface area contributed by atoms with Gasteiger partial charge in [0.15, 0.2) is 5.60 Å². The minimum Gasteiger partial charge on any atom is -0.376 e. The van der Waals surface area contributed by atoms with E-state index < -0.39 is 11.8 Å². The van der Waals surface area contributed by atoms with E-state index in [9.17, 15) is 23.1 Å². The Morgan fingerprint density at radius 1 is 0.971 bits per heavy atom. The van der Waals surface area contributed by atoms with Gasteiger partial charge in [0.1, 0.15) is 0 Å². The number of carbonyl (C=O) groups is 1. The normalized spacial score (nSPS) is 22.5. The summed E-state index contributed by atoms with van der Waals surface area (Å²) in [6, 6.07) is 15.3. The molecule has 0 aliphatic heterocycles. The summed E-state index contributed by atoms with van der Waals surface area (Å²) in [5, 5.41) is 18.8. The van der Waals surface area contributed by atoms with Crippen molar-refractivity contribution in [3.8, 4) is 6.07 Å². The number of carbonyl (C=O) groups excluding carboxylic acids is 1. The molecule has 0 heterocycles. The van der Waals surface area contributed by atoms with Crippen molar-refractivity contribution in [2.75, 3.05) is 0 Å². The van der Waals surface area contributed by atoms with Crippen molar-refractivity contribution < 1.29 is 23.1 Å². The fraction of sp³-hybridized carbons (Fsp3) is 0.481. The average molecular weight is 471 g/mol. The molecule has 0 aromatic heterocycles. The molecule has 0 saturated heterocycles. The van der Waals surface area contributed by atoms with Gasteiger partial charge in [-0.3, -0.25) is 4.79 Å². The van der Waals surface area contributed by atoms with E-state index in [0.717, 1.165) is 51.9 Å². The SMILES string of the molecule is C[C@](O)(c1ccc(C(=O)N(C2CC2)[C@H]2CC[C@H](Cc3ccc(C#N)cc3)CC2)cc1)C(F)(F)F. The Bertz CT molecular complexity index is 1040. The summed E-state index contributed by atoms with van der Waals surface area (Å²) in [6.45, 7) is 0.719. The van der Waals surface area contributed by atoms with Crippen LogP contribution in [0.5, 0.6) is 0 Å². The summed E-state index contributed by atoms with van der Waals surface area (Å²) >= 11 is 0. The molecule has 1 N–H and O–H groups in total. The minimum absolute atomic E-state index is 0.134. The third kappa shape index (κ3) is 5.12. The van der Waals surface area contributed by atoms with Crippen LogP contribution >= 0.6 is 0 Å². The van der Waals surface area contributed by atoms with Crippen LogP contribution in [0.3, 0.4) is 0 Å². The Hall–Kier alpha value is -2.85. The van der Waals surface area contributed by atoms with Crippen LogP contribution in [0.2, 0.25) is 0 Å². The first kappa shape index (κ1) is 24.3. The van der Waals surface area contributed by atoms with Gasteiger partial charge in [-0.15, -0.1) is 0 Å². The van der Waals surface area contributed by atoms with Crippen LogP contribution in [0.25, 0.3) is 0 Å². The highest BCUT2D eigenvalue weighted by molar-refractivity contribution is 5.95. The molecule has 2 aromatic carbocycles. The Labute approximate surface area is 198 Å². The number of alkyl halides is 3. The summed E-state index contributed by atoms with van der Waals surface area (Å²) in [7, 11) is 0. The zero-order valence-corrected chi connectivity index (χ0v) is 19.2. The maximum absolute atomic E-state index is 13.3. The summed E-state index contributed by atoms with van der Waals surface area (Å²) in [5.74, 6) is 0.389. The monoisotopic (exact) mass is 470 g/mol. The molecule has 2 aliphatic carbocycles. The third-order valence-electron chi connectivity index (χ3n) is 7.24. The highest BCUT2D eigenvalue weighted by Crippen LogP contribution is 2.40. The summed E-state index contributed by atoms with van der Waals surface area (Å²) < 4.78 is 39.4. The summed E-state index contributed by atoms with van der Waals surface area (Å²) in [6.07, 6.45) is 1.90. The van der Waals surface area contributed by atoms with Gasteiger partial charge in [0, 0.05) is 17.6 Å². The molecule has 34 heavy (non-hydrogen) atoms. The molecule has 2 aromatic rings. The molecule has 0 unspecified atom stereocenters. The van der Waals surface area contributed by atoms with E-state index >= 15 is 0 Å². The van der Waals surface area contributed by atoms with E-state index in [1.54, 1.807) is 0 Å². The molecule has 0 radical (unpaired) electrons. The average Bonchev–Trinajstić information content (AvgIpc) is 3.65. The standard InChI is InChI=1S/C27H29F3N2O2/c1-26(34,27(28,29)30)22-10-8-21(9-11-22)25(33)32(24-14-15-24)23-12-6-19(7-13-23)16-18-2-4-20(17-31)5-3-18/h2-5,8-11,19,23-24,34H,6-7,12-16H2,1H3/t19-,23-,26-/m0/s1. The molecular weight excluding hydrogens is 441 g/mol. The van der Waals surface area contributed by atoms with Crippen LogP contribution < -0.4 is 0 Å². The largest absolute Gasteiger partial charge is 0.421 e. The first-order valence-electron chi connectivity index (χ1n) is 11.8. The number of halogens is 3. The Morgan fingerprint density at radius 3 is 1.97 bits per heavy atom. The van der Waals surface area contributed by atoms with E-state index in [1.165, 1.54) is 29.8 Å². The minimum atomic E-state index is -4.80. The molecule has 4 nitrogen and oxygen atoms in total. The fourth-order valence-corrected chi connectivity index (χ4v) is 4.91. The maximum atomic E-state index is 13.3. The van der Waals surface area contributed by atoms with Gasteiger partial charge in [-0.05, 0) is 93.2 Å². The lowest BCUT2D eigenvalue weighted by Crippen LogP contribution is -2.44. The van der Waals surface area contributed by atoms with Crippen molar-refractivity contribution in [3.63, 3.8) is 0 Å². The first-order chi connectivity index (χ1) is 16.1. The number of benzene rings is 2. The molecule has 0 spiro atoms. The smallest absolute Gasteiger partial charge is 0.376 e. The molecular formula is C27H29F3N2O2. The predicted molar refractivity (Wildman–Crippen MR) is 122 cm³/mol. The predicted octanol–water partition coefficient (Wildman–Crippen LogP) is 5.73. The van der Waals surface area contributed by atoms with Crippen molar-refractivity contribution in [3.05, 3.63) is 70.8 Å². The maximum Gasteiger partial charge on any atom is 0.421 e. The van der Waals surface area contributed by atoms with Gasteiger partial charge in [-0.1, -0.05) is 24.3 Å². The van der Waals surface area contributed by atoms with Gasteiger partial charge < -0.3 is 10.0 Å². The van der Waals surface area contributed by atoms with Crippen LogP contribution in [0.4, 0.5) is 13.2 Å². The van der Waals surface area contributed by atoms with Crippen LogP contribution in [-0.2, 0) is 12.0 Å². The van der Waals surface area contributed by atoms with E-state index in [1.807, 2.05) is 29.2 Å². The molecule has 1 atom stereocenters. The zero-order chi connectivity index (χ0) is 24.5. The van der Waals surface area contributed by atoms with Crippen LogP contribution in [0.15, 0.2) is 48.5 Å². The Balaban J connectivity index is 1.40. The van der Waals surface area contributed by atoms with Crippen molar-refractivity contribution in [2.24, 2.45) is 5.92 Å². The number of rotatable bonds is 6. The van der Waals surface area contributed by atoms with E-state index in [4.69, 9.17) is 5.26 Å². The van der Waals surface area contributed by atoms with Gasteiger partial charge in [-0.25, -0.2) is 0 Å². The molecule has 1 amide bonds. The highest BCUT2D eigenvalue weighted by atomic mass is 19.4. The molecule has 2 fully saturated rings. The quantitative estimate of drug-likeness (QED) is 0.586. The Morgan fingerprint density at radius 2 is 1.50 bits per heavy atom. The number of hydrogen-bond acceptors (Lipinski definition) is 3. The lowest BCUT2D eigenvalue weighted by atomic mass is 9.81. The molecule has 2 aliphatic rings. The van der Waals surface area contributed by atoms with Crippen molar-refractivity contribution in [2.45, 2.75) is 75.7 Å². The summed E-state index contributed by atoms with van der Waals surface area (Å²) in [5.41, 5.74) is -1.02. The van der Waals surface area contributed by atoms with Crippen LogP contribution in [0, 0.1) is 17.2 Å². The molecule has 4 rings (SSSR count). The van der Waals surface area contributed by atoms with Crippen molar-refractivity contribution >= 4 is 5.91 Å². The number of amides is 1. The van der Waals surface area contributed by atoms with E-state index in [0.29, 0.717) is 17.0 Å². The number of hydrogen-bond donors (Lipinski definition) is 1. The van der Waals surface area contributed by atoms with Gasteiger partial charge in [0.05, 0.1) is 11.6 Å². The molecule has 2 saturated carbocycles. The van der Waals surface area contributed by atoms with Gasteiger partial charge in [0.25, 0.3) is 5.91 Å². The second-order valence-corrected chi connectivity index (χ2v) is 9.78. The zero-order valence-electron chi connectivity index (χ0n) is 19.2. The lowest BCUT2D eigenvalue weighted by molar-refractivity contribution is -0.258. The van der Waals surface area contributed by atoms with Crippen molar-refractivity contribution in [1.82, 2.24) is 4.90 Å². The topological polar surface area (TPSA) is 64.3 Å². The van der Waals surface area contributed by atoms with Crippen molar-refractivity contribution in [1.29, 1.82) is 5.26 Å². The van der Waals surface area contributed by atoms with E-state index in [-0.39, 0.29) is 23.6 Å². The fourth-order valence-electron chi connectivity index (χ4n) is 4.91. The number of aliphatic hydroxyl groups is 1. The first-order valence-corrected chi connectivity index (χ1v) is 11.8. The van der Waals surface area contributed by atoms with E-state index in [2.05, 4.69) is 6.07 Å². The molecule has 0 bridgehead atoms. The second-order valence-electron chi connectivity index (χ2n) is 9.78.